The Hall–Kier alpha value is -9.26. The van der Waals surface area contributed by atoms with Crippen LogP contribution in [0.5, 0.6) is 0 Å². The standard InChI is InChI=1S/C64H40N2O4/c1-37-61-53-31-39-21-23-45(65(43-13-5-3-6-14-43)47-25-27-57-51(35-47)49-17-9-11-19-55(49)67-57)29-41(39)33-59(53)69-63(61)38(2)64-62(37)54-32-40-22-24-46(30-42(40)34-60(54)70-64)66(44-15-7-4-8-16-44)48-26-28-58-52(36-48)50-18-10-12-20-56(50)68-58/h3-36H,1-2H3. The summed E-state index contributed by atoms with van der Waals surface area (Å²) >= 11 is 0. The lowest BCUT2D eigenvalue weighted by Gasteiger charge is -2.26. The summed E-state index contributed by atoms with van der Waals surface area (Å²) in [6.07, 6.45) is 0. The zero-order valence-corrected chi connectivity index (χ0v) is 38.2. The largest absolute Gasteiger partial charge is 0.456 e. The maximum absolute atomic E-state index is 6.88. The molecule has 15 rings (SSSR count). The maximum Gasteiger partial charge on any atom is 0.142 e. The van der Waals surface area contributed by atoms with E-state index in [1.165, 1.54) is 0 Å². The Morgan fingerprint density at radius 2 is 0.657 bits per heavy atom. The van der Waals surface area contributed by atoms with Gasteiger partial charge < -0.3 is 27.5 Å². The molecule has 0 N–H and O–H groups in total. The smallest absolute Gasteiger partial charge is 0.142 e. The van der Waals surface area contributed by atoms with Gasteiger partial charge in [-0.15, -0.1) is 0 Å². The van der Waals surface area contributed by atoms with Crippen molar-refractivity contribution >= 4 is 143 Å². The summed E-state index contributed by atoms with van der Waals surface area (Å²) in [7, 11) is 0. The van der Waals surface area contributed by atoms with Crippen molar-refractivity contribution in [1.82, 2.24) is 0 Å². The lowest BCUT2D eigenvalue weighted by molar-refractivity contribution is 0.651. The summed E-state index contributed by atoms with van der Waals surface area (Å²) < 4.78 is 26.2. The fraction of sp³-hybridized carbons (Fsp3) is 0.0312. The fourth-order valence-corrected chi connectivity index (χ4v) is 11.2. The molecule has 0 atom stereocenters. The zero-order valence-electron chi connectivity index (χ0n) is 38.2. The van der Waals surface area contributed by atoms with Gasteiger partial charge in [-0.05, 0) is 162 Å². The highest BCUT2D eigenvalue weighted by Gasteiger charge is 2.24. The molecule has 70 heavy (non-hydrogen) atoms. The van der Waals surface area contributed by atoms with Crippen molar-refractivity contribution in [3.05, 3.63) is 217 Å². The highest BCUT2D eigenvalue weighted by atomic mass is 16.3. The summed E-state index contributed by atoms with van der Waals surface area (Å²) in [5.41, 5.74) is 15.4. The molecule has 0 amide bonds. The van der Waals surface area contributed by atoms with Gasteiger partial charge in [0.25, 0.3) is 0 Å². The van der Waals surface area contributed by atoms with Crippen LogP contribution in [0.4, 0.5) is 34.1 Å². The van der Waals surface area contributed by atoms with Gasteiger partial charge >= 0.3 is 0 Å². The normalized spacial score (nSPS) is 12.1. The highest BCUT2D eigenvalue weighted by Crippen LogP contribution is 2.47. The van der Waals surface area contributed by atoms with E-state index in [1.807, 2.05) is 24.3 Å². The Bertz CT molecular complexity index is 4340. The summed E-state index contributed by atoms with van der Waals surface area (Å²) in [5, 5.41) is 13.3. The Kier molecular flexibility index (Phi) is 8.10. The van der Waals surface area contributed by atoms with Crippen LogP contribution in [0.15, 0.2) is 224 Å². The van der Waals surface area contributed by atoms with E-state index in [0.717, 1.165) is 155 Å². The van der Waals surface area contributed by atoms with E-state index in [-0.39, 0.29) is 0 Å². The van der Waals surface area contributed by atoms with E-state index in [1.54, 1.807) is 0 Å². The van der Waals surface area contributed by atoms with E-state index in [9.17, 15) is 0 Å². The molecule has 0 saturated carbocycles. The molecule has 0 fully saturated rings. The van der Waals surface area contributed by atoms with Gasteiger partial charge in [0, 0.05) is 82.8 Å². The molecule has 6 nitrogen and oxygen atoms in total. The van der Waals surface area contributed by atoms with Crippen LogP contribution in [0.2, 0.25) is 0 Å². The third-order valence-electron chi connectivity index (χ3n) is 14.5. The number of hydrogen-bond acceptors (Lipinski definition) is 6. The van der Waals surface area contributed by atoms with Gasteiger partial charge in [-0.1, -0.05) is 84.9 Å². The summed E-state index contributed by atoms with van der Waals surface area (Å²) in [4.78, 5) is 4.62. The lowest BCUT2D eigenvalue weighted by Crippen LogP contribution is -2.09. The molecule has 0 bridgehead atoms. The first-order valence-electron chi connectivity index (χ1n) is 23.7. The van der Waals surface area contributed by atoms with Crippen LogP contribution in [0, 0.1) is 13.8 Å². The van der Waals surface area contributed by atoms with Crippen molar-refractivity contribution in [2.45, 2.75) is 13.8 Å². The first-order chi connectivity index (χ1) is 34.5. The van der Waals surface area contributed by atoms with E-state index in [2.05, 4.69) is 206 Å². The quantitative estimate of drug-likeness (QED) is 0.166. The average molecular weight is 901 g/mol. The first-order valence-corrected chi connectivity index (χ1v) is 23.7. The molecule has 0 aliphatic heterocycles. The van der Waals surface area contributed by atoms with Crippen LogP contribution in [-0.4, -0.2) is 0 Å². The minimum atomic E-state index is 0.849. The minimum Gasteiger partial charge on any atom is -0.456 e. The Morgan fingerprint density at radius 1 is 0.257 bits per heavy atom. The number of para-hydroxylation sites is 4. The molecular weight excluding hydrogens is 861 g/mol. The number of hydrogen-bond donors (Lipinski definition) is 0. The molecule has 4 aromatic heterocycles. The topological polar surface area (TPSA) is 59.0 Å². The Labute approximate surface area is 400 Å². The number of aryl methyl sites for hydroxylation is 2. The van der Waals surface area contributed by atoms with Crippen LogP contribution in [-0.2, 0) is 0 Å². The number of anilines is 6. The number of furan rings is 4. The number of rotatable bonds is 6. The molecule has 330 valence electrons. The van der Waals surface area contributed by atoms with Crippen molar-refractivity contribution in [2.24, 2.45) is 0 Å². The third kappa shape index (κ3) is 5.74. The SMILES string of the molecule is Cc1c2oc3cc4cc(N(c5ccccc5)c5ccc6oc7ccccc7c6c5)ccc4cc3c2c(C)c2c1oc1cc3cc(N(c4ccccc4)c4ccc5oc6ccccc6c5c4)ccc3cc12. The zero-order chi connectivity index (χ0) is 46.2. The lowest BCUT2D eigenvalue weighted by atomic mass is 9.96. The van der Waals surface area contributed by atoms with Crippen molar-refractivity contribution in [2.75, 3.05) is 9.80 Å². The minimum absolute atomic E-state index is 0.849. The van der Waals surface area contributed by atoms with E-state index < -0.39 is 0 Å². The number of fused-ring (bicyclic) bond motifs is 14. The first kappa shape index (κ1) is 38.8. The average Bonchev–Trinajstić information content (AvgIpc) is 4.18. The Morgan fingerprint density at radius 3 is 1.13 bits per heavy atom. The van der Waals surface area contributed by atoms with Crippen molar-refractivity contribution < 1.29 is 17.7 Å². The molecule has 0 spiro atoms. The van der Waals surface area contributed by atoms with Gasteiger partial charge in [0.15, 0.2) is 0 Å². The van der Waals surface area contributed by atoms with Gasteiger partial charge in [0.05, 0.1) is 0 Å². The van der Waals surface area contributed by atoms with Crippen molar-refractivity contribution in [3.8, 4) is 0 Å². The molecule has 0 aliphatic carbocycles. The van der Waals surface area contributed by atoms with E-state index in [0.29, 0.717) is 0 Å². The van der Waals surface area contributed by atoms with Crippen LogP contribution in [0.1, 0.15) is 11.1 Å². The van der Waals surface area contributed by atoms with Gasteiger partial charge in [0.2, 0.25) is 0 Å². The second kappa shape index (κ2) is 14.6. The van der Waals surface area contributed by atoms with E-state index in [4.69, 9.17) is 17.7 Å². The summed E-state index contributed by atoms with van der Waals surface area (Å²) in [5.74, 6) is 0. The van der Waals surface area contributed by atoms with Crippen molar-refractivity contribution in [1.29, 1.82) is 0 Å². The highest BCUT2D eigenvalue weighted by molar-refractivity contribution is 6.22. The van der Waals surface area contributed by atoms with Gasteiger partial charge in [0.1, 0.15) is 44.7 Å². The molecule has 0 unspecified atom stereocenters. The molecule has 11 aromatic carbocycles. The van der Waals surface area contributed by atoms with Crippen LogP contribution < -0.4 is 9.80 Å². The molecular formula is C64H40N2O4. The Balaban J connectivity index is 0.846. The van der Waals surface area contributed by atoms with E-state index >= 15 is 0 Å². The monoisotopic (exact) mass is 900 g/mol. The molecule has 0 radical (unpaired) electrons. The predicted molar refractivity (Wildman–Crippen MR) is 289 cm³/mol. The maximum atomic E-state index is 6.88. The van der Waals surface area contributed by atoms with Crippen LogP contribution in [0.25, 0.3) is 109 Å². The van der Waals surface area contributed by atoms with Gasteiger partial charge in [-0.2, -0.15) is 0 Å². The van der Waals surface area contributed by atoms with Gasteiger partial charge in [-0.25, -0.2) is 0 Å². The molecule has 4 heterocycles. The number of benzene rings is 11. The number of nitrogens with zero attached hydrogens (tertiary/aromatic N) is 2. The van der Waals surface area contributed by atoms with Crippen LogP contribution >= 0.6 is 0 Å². The van der Waals surface area contributed by atoms with Crippen molar-refractivity contribution in [3.63, 3.8) is 0 Å². The molecule has 15 aromatic rings. The molecule has 6 heteroatoms. The fourth-order valence-electron chi connectivity index (χ4n) is 11.2. The van der Waals surface area contributed by atoms with Gasteiger partial charge in [-0.3, -0.25) is 0 Å². The molecule has 0 aliphatic rings. The predicted octanol–water partition coefficient (Wildman–Crippen LogP) is 19.1. The molecule has 0 saturated heterocycles. The summed E-state index contributed by atoms with van der Waals surface area (Å²) in [6.45, 7) is 4.34. The van der Waals surface area contributed by atoms with Crippen LogP contribution in [0.3, 0.4) is 0 Å². The third-order valence-corrected chi connectivity index (χ3v) is 14.5. The second-order valence-electron chi connectivity index (χ2n) is 18.5. The second-order valence-corrected chi connectivity index (χ2v) is 18.5. The summed E-state index contributed by atoms with van der Waals surface area (Å²) in [6, 6.07) is 72.8.